The zero-order valence-corrected chi connectivity index (χ0v) is 11.4. The quantitative estimate of drug-likeness (QED) is 0.821. The summed E-state index contributed by atoms with van der Waals surface area (Å²) in [5.74, 6) is 1.64. The number of hydrogen-bond acceptors (Lipinski definition) is 2. The number of ether oxygens (including phenoxy) is 1. The van der Waals surface area contributed by atoms with E-state index in [1.165, 1.54) is 12.0 Å². The van der Waals surface area contributed by atoms with E-state index in [1.807, 2.05) is 0 Å². The van der Waals surface area contributed by atoms with Crippen molar-refractivity contribution in [3.05, 3.63) is 28.8 Å². The van der Waals surface area contributed by atoms with Gasteiger partial charge in [-0.05, 0) is 42.9 Å². The van der Waals surface area contributed by atoms with Crippen molar-refractivity contribution in [3.8, 4) is 5.75 Å². The fraction of sp³-hybridized carbons (Fsp3) is 0.600. The molecule has 0 heterocycles. The van der Waals surface area contributed by atoms with Crippen LogP contribution in [0.1, 0.15) is 37.0 Å². The first kappa shape index (κ1) is 14.0. The van der Waals surface area contributed by atoms with E-state index in [1.54, 1.807) is 0 Å². The topological polar surface area (TPSA) is 29.5 Å². The lowest BCUT2D eigenvalue weighted by atomic mass is 9.96. The first-order chi connectivity index (χ1) is 8.08. The minimum absolute atomic E-state index is 0.0630. The Balaban J connectivity index is 2.85. The lowest BCUT2D eigenvalue weighted by Gasteiger charge is -2.15. The Morgan fingerprint density at radius 3 is 2.29 bits per heavy atom. The minimum atomic E-state index is 0.0630. The molecule has 1 N–H and O–H groups in total. The number of hydrogen-bond donors (Lipinski definition) is 1. The second-order valence-electron chi connectivity index (χ2n) is 4.85. The third kappa shape index (κ3) is 4.04. The van der Waals surface area contributed by atoms with E-state index in [0.29, 0.717) is 6.61 Å². The van der Waals surface area contributed by atoms with Crippen molar-refractivity contribution in [2.24, 2.45) is 5.92 Å². The Hall–Kier alpha value is -1.02. The Kier molecular flexibility index (Phi) is 5.49. The van der Waals surface area contributed by atoms with E-state index < -0.39 is 0 Å². The van der Waals surface area contributed by atoms with Gasteiger partial charge >= 0.3 is 0 Å². The number of benzene rings is 1. The molecular formula is C15H24O2. The summed E-state index contributed by atoms with van der Waals surface area (Å²) < 4.78 is 5.55. The van der Waals surface area contributed by atoms with Gasteiger partial charge in [-0.3, -0.25) is 0 Å². The largest absolute Gasteiger partial charge is 0.491 e. The average molecular weight is 236 g/mol. The fourth-order valence-corrected chi connectivity index (χ4v) is 2.08. The van der Waals surface area contributed by atoms with Gasteiger partial charge in [-0.1, -0.05) is 32.4 Å². The fourth-order valence-electron chi connectivity index (χ4n) is 2.08. The van der Waals surface area contributed by atoms with Crippen LogP contribution in [0.4, 0.5) is 0 Å². The Bertz CT molecular complexity index is 335. The molecule has 1 rings (SSSR count). The summed E-state index contributed by atoms with van der Waals surface area (Å²) >= 11 is 0. The first-order valence-electron chi connectivity index (χ1n) is 6.42. The SMILES string of the molecule is CCC(C)Cc1cc(C)c(OCCO)c(C)c1. The van der Waals surface area contributed by atoms with Gasteiger partial charge in [-0.25, -0.2) is 0 Å². The second kappa shape index (κ2) is 6.65. The summed E-state index contributed by atoms with van der Waals surface area (Å²) in [4.78, 5) is 0. The molecule has 0 fully saturated rings. The third-order valence-corrected chi connectivity index (χ3v) is 3.14. The molecule has 1 aromatic carbocycles. The van der Waals surface area contributed by atoms with Crippen LogP contribution in [0.5, 0.6) is 5.75 Å². The smallest absolute Gasteiger partial charge is 0.125 e. The van der Waals surface area contributed by atoms with Gasteiger partial charge in [0.1, 0.15) is 12.4 Å². The molecule has 0 radical (unpaired) electrons. The molecule has 2 heteroatoms. The molecule has 1 aromatic rings. The molecule has 1 unspecified atom stereocenters. The van der Waals surface area contributed by atoms with Gasteiger partial charge in [0.2, 0.25) is 0 Å². The molecule has 17 heavy (non-hydrogen) atoms. The zero-order valence-electron chi connectivity index (χ0n) is 11.4. The van der Waals surface area contributed by atoms with E-state index in [9.17, 15) is 0 Å². The van der Waals surface area contributed by atoms with Gasteiger partial charge in [-0.2, -0.15) is 0 Å². The van der Waals surface area contributed by atoms with Gasteiger partial charge in [0.25, 0.3) is 0 Å². The van der Waals surface area contributed by atoms with Crippen LogP contribution >= 0.6 is 0 Å². The van der Waals surface area contributed by atoms with Crippen molar-refractivity contribution >= 4 is 0 Å². The van der Waals surface area contributed by atoms with E-state index in [4.69, 9.17) is 9.84 Å². The summed E-state index contributed by atoms with van der Waals surface area (Å²) in [5.41, 5.74) is 3.71. The van der Waals surface area contributed by atoms with Crippen molar-refractivity contribution in [1.29, 1.82) is 0 Å². The molecule has 96 valence electrons. The maximum absolute atomic E-state index is 8.79. The number of aryl methyl sites for hydroxylation is 2. The average Bonchev–Trinajstić information content (AvgIpc) is 2.28. The Morgan fingerprint density at radius 1 is 1.24 bits per heavy atom. The molecule has 0 aliphatic carbocycles. The van der Waals surface area contributed by atoms with Gasteiger partial charge in [0, 0.05) is 0 Å². The molecule has 0 spiro atoms. The Morgan fingerprint density at radius 2 is 1.82 bits per heavy atom. The van der Waals surface area contributed by atoms with E-state index >= 15 is 0 Å². The van der Waals surface area contributed by atoms with Crippen LogP contribution in [0.3, 0.4) is 0 Å². The summed E-state index contributed by atoms with van der Waals surface area (Å²) in [5, 5.41) is 8.79. The summed E-state index contributed by atoms with van der Waals surface area (Å²) in [6.45, 7) is 9.07. The zero-order chi connectivity index (χ0) is 12.8. The van der Waals surface area contributed by atoms with E-state index in [-0.39, 0.29) is 6.61 Å². The molecule has 1 atom stereocenters. The van der Waals surface area contributed by atoms with Crippen molar-refractivity contribution in [2.75, 3.05) is 13.2 Å². The van der Waals surface area contributed by atoms with Gasteiger partial charge < -0.3 is 9.84 Å². The predicted octanol–water partition coefficient (Wildman–Crippen LogP) is 3.26. The second-order valence-corrected chi connectivity index (χ2v) is 4.85. The van der Waals surface area contributed by atoms with Crippen molar-refractivity contribution in [2.45, 2.75) is 40.5 Å². The van der Waals surface area contributed by atoms with Crippen LogP contribution in [-0.2, 0) is 6.42 Å². The monoisotopic (exact) mass is 236 g/mol. The van der Waals surface area contributed by atoms with Crippen LogP contribution in [0, 0.1) is 19.8 Å². The van der Waals surface area contributed by atoms with Crippen molar-refractivity contribution in [3.63, 3.8) is 0 Å². The van der Waals surface area contributed by atoms with Crippen LogP contribution in [0.2, 0.25) is 0 Å². The highest BCUT2D eigenvalue weighted by Crippen LogP contribution is 2.26. The summed E-state index contributed by atoms with van der Waals surface area (Å²) in [6, 6.07) is 4.40. The van der Waals surface area contributed by atoms with Crippen molar-refractivity contribution in [1.82, 2.24) is 0 Å². The Labute approximate surface area is 105 Å². The normalized spacial score (nSPS) is 12.5. The van der Waals surface area contributed by atoms with E-state index in [0.717, 1.165) is 29.2 Å². The maximum Gasteiger partial charge on any atom is 0.125 e. The highest BCUT2D eigenvalue weighted by atomic mass is 16.5. The van der Waals surface area contributed by atoms with Crippen LogP contribution in [0.15, 0.2) is 12.1 Å². The highest BCUT2D eigenvalue weighted by Gasteiger charge is 2.08. The predicted molar refractivity (Wildman–Crippen MR) is 71.7 cm³/mol. The maximum atomic E-state index is 8.79. The number of aliphatic hydroxyl groups excluding tert-OH is 1. The summed E-state index contributed by atoms with van der Waals surface area (Å²) in [7, 11) is 0. The van der Waals surface area contributed by atoms with Crippen molar-refractivity contribution < 1.29 is 9.84 Å². The molecule has 2 nitrogen and oxygen atoms in total. The molecular weight excluding hydrogens is 212 g/mol. The van der Waals surface area contributed by atoms with Crippen LogP contribution in [0.25, 0.3) is 0 Å². The molecule has 0 saturated heterocycles. The standard InChI is InChI=1S/C15H24O2/c1-5-11(2)8-14-9-12(3)15(13(4)10-14)17-7-6-16/h9-11,16H,5-8H2,1-4H3. The minimum Gasteiger partial charge on any atom is -0.491 e. The lowest BCUT2D eigenvalue weighted by Crippen LogP contribution is -2.05. The molecule has 0 bridgehead atoms. The van der Waals surface area contributed by atoms with Gasteiger partial charge in [-0.15, -0.1) is 0 Å². The lowest BCUT2D eigenvalue weighted by molar-refractivity contribution is 0.200. The van der Waals surface area contributed by atoms with Gasteiger partial charge in [0.15, 0.2) is 0 Å². The first-order valence-corrected chi connectivity index (χ1v) is 6.42. The summed E-state index contributed by atoms with van der Waals surface area (Å²) in [6.07, 6.45) is 2.33. The van der Waals surface area contributed by atoms with Gasteiger partial charge in [0.05, 0.1) is 6.61 Å². The van der Waals surface area contributed by atoms with Crippen LogP contribution < -0.4 is 4.74 Å². The molecule has 0 aliphatic rings. The van der Waals surface area contributed by atoms with E-state index in [2.05, 4.69) is 39.8 Å². The highest BCUT2D eigenvalue weighted by molar-refractivity contribution is 5.43. The number of aliphatic hydroxyl groups is 1. The molecule has 0 amide bonds. The third-order valence-electron chi connectivity index (χ3n) is 3.14. The molecule has 0 saturated carbocycles. The number of rotatable bonds is 6. The molecule has 0 aliphatic heterocycles. The molecule has 0 aromatic heterocycles. The van der Waals surface area contributed by atoms with Crippen LogP contribution in [-0.4, -0.2) is 18.3 Å².